The lowest BCUT2D eigenvalue weighted by molar-refractivity contribution is 0.0731. The van der Waals surface area contributed by atoms with Crippen molar-refractivity contribution in [3.63, 3.8) is 0 Å². The monoisotopic (exact) mass is 264 g/mol. The Morgan fingerprint density at radius 2 is 1.53 bits per heavy atom. The number of aliphatic hydroxyl groups is 1. The van der Waals surface area contributed by atoms with E-state index >= 15 is 0 Å². The summed E-state index contributed by atoms with van der Waals surface area (Å²) < 4.78 is 0. The minimum absolute atomic E-state index is 0.0588. The summed E-state index contributed by atoms with van der Waals surface area (Å²) in [4.78, 5) is 26.9. The van der Waals surface area contributed by atoms with E-state index < -0.39 is 0 Å². The summed E-state index contributed by atoms with van der Waals surface area (Å²) in [5.74, 6) is -0.234. The molecule has 2 amide bonds. The molecule has 19 heavy (non-hydrogen) atoms. The molecule has 5 heteroatoms. The zero-order chi connectivity index (χ0) is 14.4. The molecule has 0 unspecified atom stereocenters. The van der Waals surface area contributed by atoms with E-state index in [1.165, 1.54) is 4.90 Å². The van der Waals surface area contributed by atoms with Crippen molar-refractivity contribution < 1.29 is 14.7 Å². The molecular formula is C14H20N2O3. The first-order valence-corrected chi connectivity index (χ1v) is 6.23. The summed E-state index contributed by atoms with van der Waals surface area (Å²) in [6, 6.07) is 6.56. The van der Waals surface area contributed by atoms with Crippen molar-refractivity contribution in [2.24, 2.45) is 0 Å². The van der Waals surface area contributed by atoms with Crippen LogP contribution in [0.1, 0.15) is 27.6 Å². The number of carbonyl (C=O) groups excluding carboxylic acids is 2. The predicted molar refractivity (Wildman–Crippen MR) is 73.1 cm³/mol. The molecule has 0 aliphatic carbocycles. The molecule has 0 aromatic heterocycles. The highest BCUT2D eigenvalue weighted by molar-refractivity contribution is 5.97. The van der Waals surface area contributed by atoms with Crippen LogP contribution in [0.4, 0.5) is 0 Å². The average molecular weight is 264 g/mol. The van der Waals surface area contributed by atoms with Crippen molar-refractivity contribution in [2.45, 2.75) is 6.92 Å². The van der Waals surface area contributed by atoms with Gasteiger partial charge in [-0.25, -0.2) is 0 Å². The van der Waals surface area contributed by atoms with Crippen LogP contribution in [0.3, 0.4) is 0 Å². The minimum atomic E-state index is -0.139. The fourth-order valence-electron chi connectivity index (χ4n) is 1.72. The summed E-state index contributed by atoms with van der Waals surface area (Å²) in [5.41, 5.74) is 1.07. The van der Waals surface area contributed by atoms with E-state index in [4.69, 9.17) is 5.11 Å². The van der Waals surface area contributed by atoms with E-state index in [0.29, 0.717) is 24.2 Å². The van der Waals surface area contributed by atoms with Crippen LogP contribution in [0.25, 0.3) is 0 Å². The Morgan fingerprint density at radius 3 is 1.89 bits per heavy atom. The fraction of sp³-hybridized carbons (Fsp3) is 0.429. The van der Waals surface area contributed by atoms with Gasteiger partial charge in [0.05, 0.1) is 6.61 Å². The molecule has 104 valence electrons. The minimum Gasteiger partial charge on any atom is -0.395 e. The second-order valence-corrected chi connectivity index (χ2v) is 4.39. The normalized spacial score (nSPS) is 10.1. The Morgan fingerprint density at radius 1 is 1.05 bits per heavy atom. The summed E-state index contributed by atoms with van der Waals surface area (Å²) in [6.45, 7) is 2.65. The van der Waals surface area contributed by atoms with Crippen LogP contribution in [0, 0.1) is 0 Å². The Hall–Kier alpha value is -1.88. The van der Waals surface area contributed by atoms with Gasteiger partial charge in [-0.2, -0.15) is 0 Å². The smallest absolute Gasteiger partial charge is 0.253 e. The van der Waals surface area contributed by atoms with Crippen molar-refractivity contribution in [1.82, 2.24) is 9.80 Å². The third-order valence-electron chi connectivity index (χ3n) is 2.82. The summed E-state index contributed by atoms with van der Waals surface area (Å²) in [6.07, 6.45) is 0. The molecule has 0 aliphatic heterocycles. The number of rotatable bonds is 5. The zero-order valence-electron chi connectivity index (χ0n) is 11.6. The maximum atomic E-state index is 12.1. The topological polar surface area (TPSA) is 60.9 Å². The average Bonchev–Trinajstić information content (AvgIpc) is 2.43. The molecule has 0 fully saturated rings. The quantitative estimate of drug-likeness (QED) is 0.857. The Bertz CT molecular complexity index is 441. The molecule has 0 saturated heterocycles. The fourth-order valence-corrected chi connectivity index (χ4v) is 1.72. The van der Waals surface area contributed by atoms with Gasteiger partial charge in [0.1, 0.15) is 0 Å². The molecule has 0 atom stereocenters. The van der Waals surface area contributed by atoms with Gasteiger partial charge in [-0.15, -0.1) is 0 Å². The number of hydrogen-bond acceptors (Lipinski definition) is 3. The van der Waals surface area contributed by atoms with Crippen molar-refractivity contribution in [3.8, 4) is 0 Å². The number of carbonyl (C=O) groups is 2. The third kappa shape index (κ3) is 3.79. The number of benzene rings is 1. The molecule has 5 nitrogen and oxygen atoms in total. The summed E-state index contributed by atoms with van der Waals surface area (Å²) >= 11 is 0. The van der Waals surface area contributed by atoms with E-state index in [1.807, 2.05) is 6.92 Å². The first-order valence-electron chi connectivity index (χ1n) is 6.23. The number of aliphatic hydroxyl groups excluding tert-OH is 1. The molecule has 0 spiro atoms. The van der Waals surface area contributed by atoms with E-state index in [9.17, 15) is 9.59 Å². The highest BCUT2D eigenvalue weighted by Crippen LogP contribution is 2.09. The maximum Gasteiger partial charge on any atom is 0.253 e. The van der Waals surface area contributed by atoms with E-state index in [0.717, 1.165) is 0 Å². The summed E-state index contributed by atoms with van der Waals surface area (Å²) in [5, 5.41) is 8.90. The maximum absolute atomic E-state index is 12.1. The molecule has 0 radical (unpaired) electrons. The van der Waals surface area contributed by atoms with Gasteiger partial charge in [-0.3, -0.25) is 9.59 Å². The van der Waals surface area contributed by atoms with E-state index in [-0.39, 0.29) is 18.4 Å². The first kappa shape index (κ1) is 15.2. The number of nitrogens with zero attached hydrogens (tertiary/aromatic N) is 2. The van der Waals surface area contributed by atoms with Crippen LogP contribution in [0.5, 0.6) is 0 Å². The summed E-state index contributed by atoms with van der Waals surface area (Å²) in [7, 11) is 3.36. The number of likely N-dealkylation sites (N-methyl/N-ethyl adjacent to an activating group) is 1. The molecule has 1 N–H and O–H groups in total. The molecule has 1 rings (SSSR count). The lowest BCUT2D eigenvalue weighted by atomic mass is 10.1. The molecule has 1 aromatic carbocycles. The second-order valence-electron chi connectivity index (χ2n) is 4.39. The van der Waals surface area contributed by atoms with Crippen molar-refractivity contribution in [2.75, 3.05) is 33.8 Å². The van der Waals surface area contributed by atoms with Crippen LogP contribution in [-0.4, -0.2) is 60.5 Å². The number of amides is 2. The molecular weight excluding hydrogens is 244 g/mol. The van der Waals surface area contributed by atoms with Crippen molar-refractivity contribution in [3.05, 3.63) is 35.4 Å². The van der Waals surface area contributed by atoms with E-state index in [2.05, 4.69) is 0 Å². The molecule has 0 bridgehead atoms. The molecule has 0 aliphatic rings. The van der Waals surface area contributed by atoms with Gasteiger partial charge in [0.25, 0.3) is 11.8 Å². The van der Waals surface area contributed by atoms with Gasteiger partial charge in [0.15, 0.2) is 0 Å². The van der Waals surface area contributed by atoms with Gasteiger partial charge in [-0.05, 0) is 31.2 Å². The SMILES string of the molecule is CCN(CCO)C(=O)c1ccc(C(=O)N(C)C)cc1. The van der Waals surface area contributed by atoms with Gasteiger partial charge < -0.3 is 14.9 Å². The van der Waals surface area contributed by atoms with Crippen LogP contribution in [-0.2, 0) is 0 Å². The second kappa shape index (κ2) is 6.89. The van der Waals surface area contributed by atoms with Crippen LogP contribution in [0.2, 0.25) is 0 Å². The van der Waals surface area contributed by atoms with Gasteiger partial charge >= 0.3 is 0 Å². The van der Waals surface area contributed by atoms with Gasteiger partial charge in [0.2, 0.25) is 0 Å². The largest absolute Gasteiger partial charge is 0.395 e. The van der Waals surface area contributed by atoms with Crippen molar-refractivity contribution in [1.29, 1.82) is 0 Å². The van der Waals surface area contributed by atoms with Gasteiger partial charge in [0, 0.05) is 38.3 Å². The molecule has 0 heterocycles. The predicted octanol–water partition coefficient (Wildman–Crippen LogP) is 0.843. The van der Waals surface area contributed by atoms with Crippen LogP contribution < -0.4 is 0 Å². The standard InChI is InChI=1S/C14H20N2O3/c1-4-16(9-10-17)14(19)12-7-5-11(6-8-12)13(18)15(2)3/h5-8,17H,4,9-10H2,1-3H3. The Kier molecular flexibility index (Phi) is 5.51. The molecule has 1 aromatic rings. The molecule has 0 saturated carbocycles. The van der Waals surface area contributed by atoms with Crippen LogP contribution in [0.15, 0.2) is 24.3 Å². The highest BCUT2D eigenvalue weighted by Gasteiger charge is 2.14. The van der Waals surface area contributed by atoms with Crippen LogP contribution >= 0.6 is 0 Å². The number of hydrogen-bond donors (Lipinski definition) is 1. The first-order chi connectivity index (χ1) is 9.01. The lowest BCUT2D eigenvalue weighted by Gasteiger charge is -2.19. The van der Waals surface area contributed by atoms with Gasteiger partial charge in [-0.1, -0.05) is 0 Å². The van der Waals surface area contributed by atoms with Crippen molar-refractivity contribution >= 4 is 11.8 Å². The zero-order valence-corrected chi connectivity index (χ0v) is 11.6. The Labute approximate surface area is 113 Å². The highest BCUT2D eigenvalue weighted by atomic mass is 16.3. The van der Waals surface area contributed by atoms with E-state index in [1.54, 1.807) is 43.3 Å². The lowest BCUT2D eigenvalue weighted by Crippen LogP contribution is -2.33. The third-order valence-corrected chi connectivity index (χ3v) is 2.82. The Balaban J connectivity index is 2.86.